The molecule has 0 spiro atoms. The first-order valence-corrected chi connectivity index (χ1v) is 4.76. The van der Waals surface area contributed by atoms with E-state index in [0.29, 0.717) is 6.04 Å². The van der Waals surface area contributed by atoms with Crippen LogP contribution in [0.5, 0.6) is 0 Å². The molecule has 1 aromatic carbocycles. The highest BCUT2D eigenvalue weighted by Gasteiger charge is 2.21. The minimum absolute atomic E-state index is 0.304. The Kier molecular flexibility index (Phi) is 2.54. The van der Waals surface area contributed by atoms with Gasteiger partial charge in [0.25, 0.3) is 0 Å². The summed E-state index contributed by atoms with van der Waals surface area (Å²) in [7, 11) is 1.64. The number of hydrogen-bond donors (Lipinski definition) is 1. The van der Waals surface area contributed by atoms with Crippen LogP contribution in [0, 0.1) is 0 Å². The average Bonchev–Trinajstić information content (AvgIpc) is 2.49. The molecule has 0 aliphatic heterocycles. The van der Waals surface area contributed by atoms with E-state index in [9.17, 15) is 0 Å². The molecule has 1 aliphatic carbocycles. The molecule has 13 heavy (non-hydrogen) atoms. The van der Waals surface area contributed by atoms with Crippen LogP contribution >= 0.6 is 11.6 Å². The molecule has 0 bridgehead atoms. The van der Waals surface area contributed by atoms with Crippen molar-refractivity contribution in [3.05, 3.63) is 34.3 Å². The highest BCUT2D eigenvalue weighted by atomic mass is 35.5. The minimum atomic E-state index is 0.304. The molecule has 1 N–H and O–H groups in total. The van der Waals surface area contributed by atoms with Gasteiger partial charge in [0.2, 0.25) is 0 Å². The second kappa shape index (κ2) is 3.66. The number of aryl methyl sites for hydroxylation is 1. The Morgan fingerprint density at radius 3 is 3.15 bits per heavy atom. The zero-order chi connectivity index (χ0) is 9.26. The number of hydroxylamine groups is 1. The van der Waals surface area contributed by atoms with Crippen molar-refractivity contribution >= 4 is 11.6 Å². The predicted molar refractivity (Wildman–Crippen MR) is 52.7 cm³/mol. The largest absolute Gasteiger partial charge is 0.305 e. The lowest BCUT2D eigenvalue weighted by Gasteiger charge is -2.11. The average molecular weight is 198 g/mol. The van der Waals surface area contributed by atoms with Gasteiger partial charge in [-0.25, -0.2) is 0 Å². The second-order valence-corrected chi connectivity index (χ2v) is 3.69. The Balaban J connectivity index is 2.29. The van der Waals surface area contributed by atoms with E-state index in [-0.39, 0.29) is 0 Å². The summed E-state index contributed by atoms with van der Waals surface area (Å²) < 4.78 is 0. The lowest BCUT2D eigenvalue weighted by Crippen LogP contribution is -2.17. The first kappa shape index (κ1) is 9.00. The van der Waals surface area contributed by atoms with Crippen molar-refractivity contribution in [2.45, 2.75) is 18.9 Å². The normalized spacial score (nSPS) is 20.3. The summed E-state index contributed by atoms with van der Waals surface area (Å²) in [6.45, 7) is 0. The van der Waals surface area contributed by atoms with Crippen LogP contribution in [-0.4, -0.2) is 7.11 Å². The molecule has 3 heteroatoms. The van der Waals surface area contributed by atoms with Crippen LogP contribution in [0.2, 0.25) is 5.02 Å². The highest BCUT2D eigenvalue weighted by molar-refractivity contribution is 6.30. The van der Waals surface area contributed by atoms with Crippen LogP contribution in [0.4, 0.5) is 0 Å². The fourth-order valence-electron chi connectivity index (χ4n) is 1.84. The molecule has 2 rings (SSSR count). The van der Waals surface area contributed by atoms with Gasteiger partial charge in [-0.05, 0) is 36.1 Å². The SMILES string of the molecule is CONC1CCc2ccc(Cl)cc21. The molecular formula is C10H12ClNO. The number of fused-ring (bicyclic) bond motifs is 1. The lowest BCUT2D eigenvalue weighted by molar-refractivity contribution is 0.0610. The predicted octanol–water partition coefficient (Wildman–Crippen LogP) is 2.48. The van der Waals surface area contributed by atoms with Crippen molar-refractivity contribution in [3.63, 3.8) is 0 Å². The fraction of sp³-hybridized carbons (Fsp3) is 0.400. The Hall–Kier alpha value is -0.570. The number of rotatable bonds is 2. The molecule has 70 valence electrons. The third-order valence-electron chi connectivity index (χ3n) is 2.45. The summed E-state index contributed by atoms with van der Waals surface area (Å²) >= 11 is 5.92. The molecule has 0 aromatic heterocycles. The van der Waals surface area contributed by atoms with E-state index in [1.165, 1.54) is 11.1 Å². The molecule has 0 saturated carbocycles. The van der Waals surface area contributed by atoms with Gasteiger partial charge >= 0.3 is 0 Å². The topological polar surface area (TPSA) is 21.3 Å². The molecule has 0 amide bonds. The van der Waals surface area contributed by atoms with Gasteiger partial charge in [0.15, 0.2) is 0 Å². The van der Waals surface area contributed by atoms with Crippen LogP contribution in [0.15, 0.2) is 18.2 Å². The fourth-order valence-corrected chi connectivity index (χ4v) is 2.02. The van der Waals surface area contributed by atoms with Crippen molar-refractivity contribution in [2.75, 3.05) is 7.11 Å². The van der Waals surface area contributed by atoms with Gasteiger partial charge in [-0.1, -0.05) is 17.7 Å². The van der Waals surface area contributed by atoms with Crippen molar-refractivity contribution < 1.29 is 4.84 Å². The van der Waals surface area contributed by atoms with Crippen molar-refractivity contribution in [1.82, 2.24) is 5.48 Å². The van der Waals surface area contributed by atoms with Gasteiger partial charge < -0.3 is 4.84 Å². The van der Waals surface area contributed by atoms with Gasteiger partial charge in [0.1, 0.15) is 0 Å². The zero-order valence-corrected chi connectivity index (χ0v) is 8.27. The summed E-state index contributed by atoms with van der Waals surface area (Å²) in [5.41, 5.74) is 5.62. The molecule has 1 atom stereocenters. The van der Waals surface area contributed by atoms with E-state index < -0.39 is 0 Å². The summed E-state index contributed by atoms with van der Waals surface area (Å²) in [4.78, 5) is 4.93. The van der Waals surface area contributed by atoms with Crippen LogP contribution in [-0.2, 0) is 11.3 Å². The Labute approximate surface area is 82.8 Å². The quantitative estimate of drug-likeness (QED) is 0.736. The Bertz CT molecular complexity index is 312. The van der Waals surface area contributed by atoms with Gasteiger partial charge in [-0.2, -0.15) is 5.48 Å². The van der Waals surface area contributed by atoms with E-state index in [1.54, 1.807) is 7.11 Å². The standard InChI is InChI=1S/C10H12ClNO/c1-13-12-10-5-3-7-2-4-8(11)6-9(7)10/h2,4,6,10,12H,3,5H2,1H3. The molecule has 0 radical (unpaired) electrons. The maximum Gasteiger partial charge on any atom is 0.0577 e. The van der Waals surface area contributed by atoms with Crippen LogP contribution in [0.3, 0.4) is 0 Å². The van der Waals surface area contributed by atoms with E-state index in [1.807, 2.05) is 12.1 Å². The van der Waals surface area contributed by atoms with E-state index >= 15 is 0 Å². The van der Waals surface area contributed by atoms with Crippen LogP contribution < -0.4 is 5.48 Å². The molecule has 1 aliphatic rings. The minimum Gasteiger partial charge on any atom is -0.305 e. The van der Waals surface area contributed by atoms with Crippen molar-refractivity contribution in [3.8, 4) is 0 Å². The van der Waals surface area contributed by atoms with Crippen LogP contribution in [0.25, 0.3) is 0 Å². The van der Waals surface area contributed by atoms with Crippen LogP contribution in [0.1, 0.15) is 23.6 Å². The van der Waals surface area contributed by atoms with E-state index in [2.05, 4.69) is 11.5 Å². The number of halogens is 1. The third-order valence-corrected chi connectivity index (χ3v) is 2.68. The second-order valence-electron chi connectivity index (χ2n) is 3.26. The van der Waals surface area contributed by atoms with E-state index in [0.717, 1.165) is 17.9 Å². The molecule has 1 aromatic rings. The molecule has 0 heterocycles. The van der Waals surface area contributed by atoms with Crippen molar-refractivity contribution in [1.29, 1.82) is 0 Å². The monoisotopic (exact) mass is 197 g/mol. The lowest BCUT2D eigenvalue weighted by atomic mass is 10.1. The third kappa shape index (κ3) is 1.70. The van der Waals surface area contributed by atoms with Crippen molar-refractivity contribution in [2.24, 2.45) is 0 Å². The maximum atomic E-state index is 5.92. The summed E-state index contributed by atoms with van der Waals surface area (Å²) in [5, 5.41) is 0.795. The zero-order valence-electron chi connectivity index (χ0n) is 7.51. The summed E-state index contributed by atoms with van der Waals surface area (Å²) in [6.07, 6.45) is 2.19. The van der Waals surface area contributed by atoms with E-state index in [4.69, 9.17) is 16.4 Å². The number of nitrogens with one attached hydrogen (secondary N) is 1. The maximum absolute atomic E-state index is 5.92. The highest BCUT2D eigenvalue weighted by Crippen LogP contribution is 2.32. The molecular weight excluding hydrogens is 186 g/mol. The van der Waals surface area contributed by atoms with Gasteiger partial charge in [0, 0.05) is 5.02 Å². The molecule has 0 saturated heterocycles. The Morgan fingerprint density at radius 2 is 2.38 bits per heavy atom. The van der Waals surface area contributed by atoms with Gasteiger partial charge in [-0.15, -0.1) is 0 Å². The summed E-state index contributed by atoms with van der Waals surface area (Å²) in [6, 6.07) is 6.35. The number of hydrogen-bond acceptors (Lipinski definition) is 2. The first-order valence-electron chi connectivity index (χ1n) is 4.38. The number of benzene rings is 1. The van der Waals surface area contributed by atoms with Gasteiger partial charge in [-0.3, -0.25) is 0 Å². The smallest absolute Gasteiger partial charge is 0.0577 e. The molecule has 1 unspecified atom stereocenters. The summed E-state index contributed by atoms with van der Waals surface area (Å²) in [5.74, 6) is 0. The molecule has 0 fully saturated rings. The molecule has 2 nitrogen and oxygen atoms in total. The Morgan fingerprint density at radius 1 is 1.54 bits per heavy atom. The van der Waals surface area contributed by atoms with Gasteiger partial charge in [0.05, 0.1) is 13.2 Å². The first-order chi connectivity index (χ1) is 6.31.